The Labute approximate surface area is 116 Å². The van der Waals surface area contributed by atoms with Crippen LogP contribution in [0.15, 0.2) is 36.6 Å². The van der Waals surface area contributed by atoms with Crippen LogP contribution >= 0.6 is 11.8 Å². The molecule has 0 aromatic carbocycles. The fourth-order valence-corrected chi connectivity index (χ4v) is 3.73. The standard InChI is InChI=1S/C14H17NO3S/c1-2-3-4-11-9-14(5-7-19-8-6-14)13(18)15(11)10-12(16)17/h2-4,9H,1,5-8,10H2,(H,16,17)/b4-3-. The molecule has 4 nitrogen and oxygen atoms in total. The van der Waals surface area contributed by atoms with Crippen LogP contribution in [0.2, 0.25) is 0 Å². The summed E-state index contributed by atoms with van der Waals surface area (Å²) >= 11 is 1.84. The second kappa shape index (κ2) is 5.65. The predicted octanol–water partition coefficient (Wildman–Crippen LogP) is 2.05. The summed E-state index contributed by atoms with van der Waals surface area (Å²) in [5, 5.41) is 8.95. The lowest BCUT2D eigenvalue weighted by molar-refractivity contribution is -0.145. The topological polar surface area (TPSA) is 57.6 Å². The van der Waals surface area contributed by atoms with Gasteiger partial charge < -0.3 is 10.0 Å². The summed E-state index contributed by atoms with van der Waals surface area (Å²) in [6.07, 6.45) is 8.62. The first-order chi connectivity index (χ1) is 9.09. The number of aliphatic carboxylic acids is 1. The number of carbonyl (C=O) groups is 2. The molecule has 0 aromatic rings. The van der Waals surface area contributed by atoms with Gasteiger partial charge in [0.15, 0.2) is 0 Å². The molecule has 0 atom stereocenters. The molecule has 0 aromatic heterocycles. The van der Waals surface area contributed by atoms with Crippen LogP contribution in [0, 0.1) is 5.41 Å². The highest BCUT2D eigenvalue weighted by Gasteiger charge is 2.46. The van der Waals surface area contributed by atoms with Crippen molar-refractivity contribution in [1.29, 1.82) is 0 Å². The van der Waals surface area contributed by atoms with E-state index in [1.165, 1.54) is 4.90 Å². The number of hydrogen-bond donors (Lipinski definition) is 1. The molecule has 1 fully saturated rings. The third-order valence-electron chi connectivity index (χ3n) is 3.49. The third kappa shape index (κ3) is 2.76. The van der Waals surface area contributed by atoms with E-state index in [0.717, 1.165) is 24.3 Å². The molecule has 0 saturated carbocycles. The number of allylic oxidation sites excluding steroid dienone is 3. The molecule has 0 radical (unpaired) electrons. The monoisotopic (exact) mass is 279 g/mol. The van der Waals surface area contributed by atoms with E-state index in [9.17, 15) is 9.59 Å². The van der Waals surface area contributed by atoms with Crippen molar-refractivity contribution >= 4 is 23.6 Å². The molecule has 1 amide bonds. The first kappa shape index (κ1) is 13.9. The first-order valence-corrected chi connectivity index (χ1v) is 7.38. The van der Waals surface area contributed by atoms with Gasteiger partial charge in [-0.15, -0.1) is 0 Å². The summed E-state index contributed by atoms with van der Waals surface area (Å²) in [6.45, 7) is 3.32. The summed E-state index contributed by atoms with van der Waals surface area (Å²) in [4.78, 5) is 24.8. The lowest BCUT2D eigenvalue weighted by Gasteiger charge is -2.30. The number of carboxylic acids is 1. The zero-order valence-electron chi connectivity index (χ0n) is 10.7. The summed E-state index contributed by atoms with van der Waals surface area (Å²) in [7, 11) is 0. The maximum absolute atomic E-state index is 12.5. The molecule has 0 bridgehead atoms. The van der Waals surface area contributed by atoms with E-state index in [1.54, 1.807) is 18.2 Å². The fourth-order valence-electron chi connectivity index (χ4n) is 2.51. The van der Waals surface area contributed by atoms with Gasteiger partial charge in [0.1, 0.15) is 6.54 Å². The van der Waals surface area contributed by atoms with Gasteiger partial charge in [-0.25, -0.2) is 0 Å². The van der Waals surface area contributed by atoms with Crippen molar-refractivity contribution < 1.29 is 14.7 Å². The molecule has 102 valence electrons. The van der Waals surface area contributed by atoms with Crippen LogP contribution in [0.4, 0.5) is 0 Å². The maximum atomic E-state index is 12.5. The molecule has 0 aliphatic carbocycles. The Morgan fingerprint density at radius 1 is 1.53 bits per heavy atom. The molecule has 2 rings (SSSR count). The minimum Gasteiger partial charge on any atom is -0.480 e. The second-order valence-electron chi connectivity index (χ2n) is 4.72. The molecule has 5 heteroatoms. The first-order valence-electron chi connectivity index (χ1n) is 6.22. The van der Waals surface area contributed by atoms with Crippen LogP contribution in [0.5, 0.6) is 0 Å². The molecular weight excluding hydrogens is 262 g/mol. The van der Waals surface area contributed by atoms with Gasteiger partial charge in [0.05, 0.1) is 5.41 Å². The number of carboxylic acid groups (broad SMARTS) is 1. The van der Waals surface area contributed by atoms with Gasteiger partial charge in [-0.1, -0.05) is 18.7 Å². The minimum absolute atomic E-state index is 0.0705. The average Bonchev–Trinajstić information content (AvgIpc) is 2.63. The fraction of sp³-hybridized carbons (Fsp3) is 0.429. The van der Waals surface area contributed by atoms with E-state index in [2.05, 4.69) is 6.58 Å². The number of amides is 1. The SMILES string of the molecule is C=C/C=C\C1=CC2(CCSCC2)C(=O)N1CC(=O)O. The van der Waals surface area contributed by atoms with Crippen LogP contribution in [0.3, 0.4) is 0 Å². The Hall–Kier alpha value is -1.49. The van der Waals surface area contributed by atoms with Crippen LogP contribution in [-0.2, 0) is 9.59 Å². The van der Waals surface area contributed by atoms with Crippen molar-refractivity contribution in [2.45, 2.75) is 12.8 Å². The van der Waals surface area contributed by atoms with Gasteiger partial charge in [-0.2, -0.15) is 11.8 Å². The van der Waals surface area contributed by atoms with Gasteiger partial charge in [0.25, 0.3) is 0 Å². The molecular formula is C14H17NO3S. The molecule has 1 spiro atoms. The second-order valence-corrected chi connectivity index (χ2v) is 5.94. The van der Waals surface area contributed by atoms with Gasteiger partial charge >= 0.3 is 5.97 Å². The lowest BCUT2D eigenvalue weighted by atomic mass is 9.82. The minimum atomic E-state index is -0.992. The van der Waals surface area contributed by atoms with Gasteiger partial charge in [-0.05, 0) is 36.5 Å². The molecule has 0 unspecified atom stereocenters. The van der Waals surface area contributed by atoms with E-state index in [-0.39, 0.29) is 12.5 Å². The Balaban J connectivity index is 2.30. The Bertz CT molecular complexity index is 461. The normalized spacial score (nSPS) is 22.0. The summed E-state index contributed by atoms with van der Waals surface area (Å²) in [5.74, 6) is 0.829. The number of hydrogen-bond acceptors (Lipinski definition) is 3. The number of rotatable bonds is 4. The largest absolute Gasteiger partial charge is 0.480 e. The number of thioether (sulfide) groups is 1. The number of carbonyl (C=O) groups excluding carboxylic acids is 1. The molecule has 1 saturated heterocycles. The summed E-state index contributed by atoms with van der Waals surface area (Å²) in [6, 6.07) is 0. The van der Waals surface area contributed by atoms with Gasteiger partial charge in [0, 0.05) is 5.70 Å². The van der Waals surface area contributed by atoms with E-state index in [1.807, 2.05) is 17.8 Å². The zero-order chi connectivity index (χ0) is 13.9. The van der Waals surface area contributed by atoms with Crippen LogP contribution in [0.25, 0.3) is 0 Å². The van der Waals surface area contributed by atoms with Crippen molar-refractivity contribution in [3.05, 3.63) is 36.6 Å². The Morgan fingerprint density at radius 2 is 2.21 bits per heavy atom. The van der Waals surface area contributed by atoms with Crippen molar-refractivity contribution in [2.75, 3.05) is 18.1 Å². The molecule has 2 heterocycles. The highest BCUT2D eigenvalue weighted by Crippen LogP contribution is 2.44. The molecule has 2 aliphatic rings. The van der Waals surface area contributed by atoms with E-state index in [4.69, 9.17) is 5.11 Å². The number of nitrogens with zero attached hydrogens (tertiary/aromatic N) is 1. The zero-order valence-corrected chi connectivity index (χ0v) is 11.5. The lowest BCUT2D eigenvalue weighted by Crippen LogP contribution is -2.40. The summed E-state index contributed by atoms with van der Waals surface area (Å²) < 4.78 is 0. The predicted molar refractivity (Wildman–Crippen MR) is 75.8 cm³/mol. The molecule has 1 N–H and O–H groups in total. The van der Waals surface area contributed by atoms with E-state index >= 15 is 0 Å². The van der Waals surface area contributed by atoms with Crippen LogP contribution < -0.4 is 0 Å². The van der Waals surface area contributed by atoms with E-state index in [0.29, 0.717) is 5.70 Å². The highest BCUT2D eigenvalue weighted by molar-refractivity contribution is 7.99. The van der Waals surface area contributed by atoms with Gasteiger partial charge in [0.2, 0.25) is 5.91 Å². The van der Waals surface area contributed by atoms with Crippen molar-refractivity contribution in [3.63, 3.8) is 0 Å². The van der Waals surface area contributed by atoms with Gasteiger partial charge in [-0.3, -0.25) is 9.59 Å². The molecule has 19 heavy (non-hydrogen) atoms. The smallest absolute Gasteiger partial charge is 0.323 e. The third-order valence-corrected chi connectivity index (χ3v) is 4.47. The summed E-state index contributed by atoms with van der Waals surface area (Å²) in [5.41, 5.74) is 0.195. The van der Waals surface area contributed by atoms with Crippen molar-refractivity contribution in [2.24, 2.45) is 5.41 Å². The highest BCUT2D eigenvalue weighted by atomic mass is 32.2. The maximum Gasteiger partial charge on any atom is 0.323 e. The Morgan fingerprint density at radius 3 is 2.79 bits per heavy atom. The quantitative estimate of drug-likeness (QED) is 0.800. The van der Waals surface area contributed by atoms with E-state index < -0.39 is 11.4 Å². The van der Waals surface area contributed by atoms with Crippen molar-refractivity contribution in [1.82, 2.24) is 4.90 Å². The Kier molecular flexibility index (Phi) is 4.14. The molecule has 2 aliphatic heterocycles. The average molecular weight is 279 g/mol. The van der Waals surface area contributed by atoms with Crippen LogP contribution in [-0.4, -0.2) is 39.9 Å². The van der Waals surface area contributed by atoms with Crippen molar-refractivity contribution in [3.8, 4) is 0 Å². The van der Waals surface area contributed by atoms with Crippen LogP contribution in [0.1, 0.15) is 12.8 Å².